The van der Waals surface area contributed by atoms with E-state index in [1.165, 1.54) is 11.3 Å². The summed E-state index contributed by atoms with van der Waals surface area (Å²) >= 11 is 0. The van der Waals surface area contributed by atoms with E-state index in [-0.39, 0.29) is 11.8 Å². The normalized spacial score (nSPS) is 16.9. The standard InChI is InChI=1S/C21H24N4O2/c1-16(26)23-11-13-24(14-12-23)21(27)18-8-9-20(22-15-18)25-10-4-6-17-5-2-3-7-19(17)25/h2-3,5,7-9,15H,4,6,10-14H2,1H3. The van der Waals surface area contributed by atoms with E-state index in [9.17, 15) is 9.59 Å². The average Bonchev–Trinajstić information content (AvgIpc) is 2.73. The van der Waals surface area contributed by atoms with E-state index in [1.807, 2.05) is 12.1 Å². The van der Waals surface area contributed by atoms with E-state index in [4.69, 9.17) is 0 Å². The zero-order valence-corrected chi connectivity index (χ0v) is 15.6. The molecular formula is C21H24N4O2. The number of hydrogen-bond acceptors (Lipinski definition) is 4. The molecule has 6 nitrogen and oxygen atoms in total. The van der Waals surface area contributed by atoms with Crippen LogP contribution >= 0.6 is 0 Å². The molecule has 0 atom stereocenters. The molecule has 3 heterocycles. The van der Waals surface area contributed by atoms with Gasteiger partial charge in [0.05, 0.1) is 5.56 Å². The second-order valence-electron chi connectivity index (χ2n) is 7.09. The van der Waals surface area contributed by atoms with E-state index in [0.717, 1.165) is 25.2 Å². The number of nitrogens with zero attached hydrogens (tertiary/aromatic N) is 4. The summed E-state index contributed by atoms with van der Waals surface area (Å²) in [6.07, 6.45) is 3.86. The van der Waals surface area contributed by atoms with Crippen molar-refractivity contribution in [3.63, 3.8) is 0 Å². The minimum Gasteiger partial charge on any atom is -0.339 e. The molecular weight excluding hydrogens is 340 g/mol. The van der Waals surface area contributed by atoms with Gasteiger partial charge in [0.2, 0.25) is 5.91 Å². The number of benzene rings is 1. The van der Waals surface area contributed by atoms with Crippen molar-refractivity contribution in [2.45, 2.75) is 19.8 Å². The Bertz CT molecular complexity index is 842. The van der Waals surface area contributed by atoms with Crippen LogP contribution in [0.4, 0.5) is 11.5 Å². The number of fused-ring (bicyclic) bond motifs is 1. The molecule has 0 N–H and O–H groups in total. The van der Waals surface area contributed by atoms with Crippen molar-refractivity contribution in [2.24, 2.45) is 0 Å². The molecule has 27 heavy (non-hydrogen) atoms. The maximum atomic E-state index is 12.7. The molecule has 0 aliphatic carbocycles. The van der Waals surface area contributed by atoms with Crippen LogP contribution in [0.1, 0.15) is 29.3 Å². The number of anilines is 2. The molecule has 140 valence electrons. The summed E-state index contributed by atoms with van der Waals surface area (Å²) in [6.45, 7) is 4.83. The van der Waals surface area contributed by atoms with Gasteiger partial charge in [0, 0.05) is 51.5 Å². The zero-order chi connectivity index (χ0) is 18.8. The van der Waals surface area contributed by atoms with Crippen molar-refractivity contribution >= 4 is 23.3 Å². The van der Waals surface area contributed by atoms with Gasteiger partial charge < -0.3 is 14.7 Å². The number of hydrogen-bond donors (Lipinski definition) is 0. The van der Waals surface area contributed by atoms with Crippen molar-refractivity contribution in [1.82, 2.24) is 14.8 Å². The lowest BCUT2D eigenvalue weighted by atomic mass is 10.0. The number of pyridine rings is 1. The summed E-state index contributed by atoms with van der Waals surface area (Å²) in [5, 5.41) is 0. The Labute approximate surface area is 159 Å². The topological polar surface area (TPSA) is 56.8 Å². The Morgan fingerprint density at radius 2 is 1.67 bits per heavy atom. The van der Waals surface area contributed by atoms with E-state index in [2.05, 4.69) is 34.1 Å². The van der Waals surface area contributed by atoms with Crippen molar-refractivity contribution < 1.29 is 9.59 Å². The first-order valence-electron chi connectivity index (χ1n) is 9.50. The number of rotatable bonds is 2. The molecule has 0 saturated carbocycles. The van der Waals surface area contributed by atoms with Gasteiger partial charge in [0.15, 0.2) is 0 Å². The van der Waals surface area contributed by atoms with Crippen molar-refractivity contribution in [2.75, 3.05) is 37.6 Å². The number of aromatic nitrogens is 1. The molecule has 2 aliphatic rings. The van der Waals surface area contributed by atoms with Crippen LogP contribution in [0, 0.1) is 0 Å². The second kappa shape index (κ2) is 7.39. The smallest absolute Gasteiger partial charge is 0.255 e. The fourth-order valence-electron chi connectivity index (χ4n) is 3.85. The van der Waals surface area contributed by atoms with Crippen LogP contribution in [-0.4, -0.2) is 59.3 Å². The fourth-order valence-corrected chi connectivity index (χ4v) is 3.85. The van der Waals surface area contributed by atoms with E-state index in [1.54, 1.807) is 22.9 Å². The van der Waals surface area contributed by atoms with Gasteiger partial charge in [-0.15, -0.1) is 0 Å². The monoisotopic (exact) mass is 364 g/mol. The van der Waals surface area contributed by atoms with Gasteiger partial charge in [-0.3, -0.25) is 9.59 Å². The van der Waals surface area contributed by atoms with Crippen LogP contribution in [0.25, 0.3) is 0 Å². The van der Waals surface area contributed by atoms with Gasteiger partial charge in [0.25, 0.3) is 5.91 Å². The number of para-hydroxylation sites is 1. The van der Waals surface area contributed by atoms with E-state index in [0.29, 0.717) is 31.7 Å². The molecule has 0 radical (unpaired) electrons. The molecule has 6 heteroatoms. The highest BCUT2D eigenvalue weighted by atomic mass is 16.2. The first kappa shape index (κ1) is 17.5. The predicted octanol–water partition coefficient (Wildman–Crippen LogP) is 2.47. The highest BCUT2D eigenvalue weighted by Gasteiger charge is 2.24. The van der Waals surface area contributed by atoms with Crippen LogP contribution in [0.3, 0.4) is 0 Å². The molecule has 1 aromatic heterocycles. The lowest BCUT2D eigenvalue weighted by Gasteiger charge is -2.34. The van der Waals surface area contributed by atoms with Crippen LogP contribution in [0.5, 0.6) is 0 Å². The molecule has 0 spiro atoms. The SMILES string of the molecule is CC(=O)N1CCN(C(=O)c2ccc(N3CCCc4ccccc43)nc2)CC1. The van der Waals surface area contributed by atoms with Gasteiger partial charge in [0.1, 0.15) is 5.82 Å². The molecule has 2 aromatic rings. The minimum atomic E-state index is -0.0173. The van der Waals surface area contributed by atoms with Crippen molar-refractivity contribution in [3.8, 4) is 0 Å². The highest BCUT2D eigenvalue weighted by Crippen LogP contribution is 2.32. The Hall–Kier alpha value is -2.89. The number of aryl methyl sites for hydroxylation is 1. The van der Waals surface area contributed by atoms with Gasteiger partial charge in [-0.25, -0.2) is 4.98 Å². The number of carbonyl (C=O) groups is 2. The van der Waals surface area contributed by atoms with Gasteiger partial charge >= 0.3 is 0 Å². The lowest BCUT2D eigenvalue weighted by Crippen LogP contribution is -2.50. The van der Waals surface area contributed by atoms with Crippen LogP contribution in [-0.2, 0) is 11.2 Å². The molecule has 1 aromatic carbocycles. The fraction of sp³-hybridized carbons (Fsp3) is 0.381. The van der Waals surface area contributed by atoms with Crippen molar-refractivity contribution in [3.05, 3.63) is 53.7 Å². The van der Waals surface area contributed by atoms with Crippen LogP contribution < -0.4 is 4.90 Å². The second-order valence-corrected chi connectivity index (χ2v) is 7.09. The third-order valence-corrected chi connectivity index (χ3v) is 5.39. The van der Waals surface area contributed by atoms with Gasteiger partial charge in [-0.2, -0.15) is 0 Å². The molecule has 0 bridgehead atoms. The summed E-state index contributed by atoms with van der Waals surface area (Å²) in [4.78, 5) is 34.5. The van der Waals surface area contributed by atoms with E-state index >= 15 is 0 Å². The Morgan fingerprint density at radius 3 is 2.37 bits per heavy atom. The summed E-state index contributed by atoms with van der Waals surface area (Å²) in [6, 6.07) is 12.2. The zero-order valence-electron chi connectivity index (χ0n) is 15.6. The van der Waals surface area contributed by atoms with Crippen LogP contribution in [0.2, 0.25) is 0 Å². The number of piperazine rings is 1. The van der Waals surface area contributed by atoms with E-state index < -0.39 is 0 Å². The molecule has 2 amide bonds. The van der Waals surface area contributed by atoms with Crippen molar-refractivity contribution in [1.29, 1.82) is 0 Å². The largest absolute Gasteiger partial charge is 0.339 e. The summed E-state index contributed by atoms with van der Waals surface area (Å²) < 4.78 is 0. The van der Waals surface area contributed by atoms with Gasteiger partial charge in [-0.1, -0.05) is 18.2 Å². The Balaban J connectivity index is 1.47. The van der Waals surface area contributed by atoms with Crippen LogP contribution in [0.15, 0.2) is 42.6 Å². The first-order chi connectivity index (χ1) is 13.1. The lowest BCUT2D eigenvalue weighted by molar-refractivity contribution is -0.130. The molecule has 2 aliphatic heterocycles. The first-order valence-corrected chi connectivity index (χ1v) is 9.50. The molecule has 1 saturated heterocycles. The maximum absolute atomic E-state index is 12.7. The minimum absolute atomic E-state index is 0.0173. The Morgan fingerprint density at radius 1 is 0.926 bits per heavy atom. The summed E-state index contributed by atoms with van der Waals surface area (Å²) in [5.41, 5.74) is 3.14. The quantitative estimate of drug-likeness (QED) is 0.821. The van der Waals surface area contributed by atoms with Gasteiger partial charge in [-0.05, 0) is 36.6 Å². The summed E-state index contributed by atoms with van der Waals surface area (Å²) in [7, 11) is 0. The number of amides is 2. The third-order valence-electron chi connectivity index (χ3n) is 5.39. The average molecular weight is 364 g/mol. The highest BCUT2D eigenvalue weighted by molar-refractivity contribution is 5.94. The molecule has 1 fully saturated rings. The summed E-state index contributed by atoms with van der Waals surface area (Å²) in [5.74, 6) is 0.923. The molecule has 0 unspecified atom stereocenters. The predicted molar refractivity (Wildman–Crippen MR) is 104 cm³/mol. The number of carbonyl (C=O) groups excluding carboxylic acids is 2. The third kappa shape index (κ3) is 3.52. The Kier molecular flexibility index (Phi) is 4.79. The maximum Gasteiger partial charge on any atom is 0.255 e. The molecule has 4 rings (SSSR count).